The van der Waals surface area contributed by atoms with Crippen LogP contribution in [0.1, 0.15) is 5.56 Å². The summed E-state index contributed by atoms with van der Waals surface area (Å²) in [6.45, 7) is 5.46. The molecule has 0 aliphatic carbocycles. The topological polar surface area (TPSA) is 0 Å². The molecule has 1 aromatic carbocycles. The van der Waals surface area contributed by atoms with Crippen molar-refractivity contribution in [2.75, 3.05) is 0 Å². The summed E-state index contributed by atoms with van der Waals surface area (Å²) in [5.41, 5.74) is -1.16. The van der Waals surface area contributed by atoms with Crippen LogP contribution in [0.15, 0.2) is 12.1 Å². The van der Waals surface area contributed by atoms with E-state index in [1.165, 1.54) is 6.07 Å². The maximum Gasteiger partial charge on any atom is 0.419 e. The van der Waals surface area contributed by atoms with Gasteiger partial charge in [0.25, 0.3) is 0 Å². The lowest BCUT2D eigenvalue weighted by Gasteiger charge is -2.20. The van der Waals surface area contributed by atoms with Gasteiger partial charge in [0, 0.05) is 3.57 Å². The predicted molar refractivity (Wildman–Crippen MR) is 67.1 cm³/mol. The van der Waals surface area contributed by atoms with Crippen molar-refractivity contribution in [3.05, 3.63) is 27.1 Å². The van der Waals surface area contributed by atoms with Crippen LogP contribution in [-0.2, 0) is 6.18 Å². The molecule has 0 aliphatic rings. The van der Waals surface area contributed by atoms with Gasteiger partial charge in [-0.2, -0.15) is 13.2 Å². The van der Waals surface area contributed by atoms with Gasteiger partial charge in [-0.3, -0.25) is 0 Å². The largest absolute Gasteiger partial charge is 0.419 e. The van der Waals surface area contributed by atoms with E-state index < -0.39 is 25.6 Å². The van der Waals surface area contributed by atoms with Crippen molar-refractivity contribution < 1.29 is 17.6 Å². The summed E-state index contributed by atoms with van der Waals surface area (Å²) in [7, 11) is -2.10. The molecule has 0 atom stereocenters. The van der Waals surface area contributed by atoms with Crippen LogP contribution >= 0.6 is 22.6 Å². The van der Waals surface area contributed by atoms with Crippen LogP contribution in [0, 0.1) is 9.39 Å². The molecule has 0 spiro atoms. The molecule has 0 aliphatic heterocycles. The summed E-state index contributed by atoms with van der Waals surface area (Å²) < 4.78 is 51.9. The zero-order chi connectivity index (χ0) is 12.7. The Hall–Kier alpha value is -0.113. The molecule has 0 unspecified atom stereocenters. The van der Waals surface area contributed by atoms with E-state index in [0.717, 1.165) is 6.07 Å². The first-order chi connectivity index (χ1) is 7.03. The molecule has 0 saturated heterocycles. The van der Waals surface area contributed by atoms with Crippen LogP contribution in [-0.4, -0.2) is 8.07 Å². The SMILES string of the molecule is C[Si](C)(C)c1cc(I)cc(C(F)(F)F)c1F. The molecule has 0 fully saturated rings. The third kappa shape index (κ3) is 2.97. The monoisotopic (exact) mass is 362 g/mol. The zero-order valence-electron chi connectivity index (χ0n) is 9.04. The van der Waals surface area contributed by atoms with Crippen LogP contribution in [0.25, 0.3) is 0 Å². The molecule has 16 heavy (non-hydrogen) atoms. The van der Waals surface area contributed by atoms with Crippen molar-refractivity contribution in [3.8, 4) is 0 Å². The maximum atomic E-state index is 13.8. The van der Waals surface area contributed by atoms with Gasteiger partial charge < -0.3 is 0 Å². The van der Waals surface area contributed by atoms with Gasteiger partial charge >= 0.3 is 6.18 Å². The lowest BCUT2D eigenvalue weighted by Crippen LogP contribution is -2.41. The molecule has 0 aromatic heterocycles. The van der Waals surface area contributed by atoms with E-state index in [-0.39, 0.29) is 5.19 Å². The van der Waals surface area contributed by atoms with Crippen molar-refractivity contribution in [1.82, 2.24) is 0 Å². The van der Waals surface area contributed by atoms with E-state index in [2.05, 4.69) is 0 Å². The molecular formula is C10H11F4ISi. The minimum atomic E-state index is -4.63. The van der Waals surface area contributed by atoms with Crippen LogP contribution < -0.4 is 5.19 Å². The van der Waals surface area contributed by atoms with Crippen molar-refractivity contribution in [1.29, 1.82) is 0 Å². The number of benzene rings is 1. The van der Waals surface area contributed by atoms with Crippen molar-refractivity contribution >= 4 is 35.9 Å². The van der Waals surface area contributed by atoms with Gasteiger partial charge in [-0.15, -0.1) is 0 Å². The van der Waals surface area contributed by atoms with Crippen molar-refractivity contribution in [2.24, 2.45) is 0 Å². The van der Waals surface area contributed by atoms with Crippen LogP contribution in [0.2, 0.25) is 19.6 Å². The fourth-order valence-electron chi connectivity index (χ4n) is 1.34. The first-order valence-electron chi connectivity index (χ1n) is 4.60. The van der Waals surface area contributed by atoms with E-state index in [4.69, 9.17) is 0 Å². The highest BCUT2D eigenvalue weighted by Crippen LogP contribution is 2.32. The van der Waals surface area contributed by atoms with Crippen LogP contribution in [0.4, 0.5) is 17.6 Å². The maximum absolute atomic E-state index is 13.8. The molecule has 0 radical (unpaired) electrons. The van der Waals surface area contributed by atoms with Gasteiger partial charge in [0.1, 0.15) is 5.82 Å². The zero-order valence-corrected chi connectivity index (χ0v) is 12.2. The van der Waals surface area contributed by atoms with E-state index in [0.29, 0.717) is 3.57 Å². The summed E-state index contributed by atoms with van der Waals surface area (Å²) in [5.74, 6) is -1.10. The molecule has 0 saturated carbocycles. The average Bonchev–Trinajstić information content (AvgIpc) is 2.04. The number of hydrogen-bond acceptors (Lipinski definition) is 0. The number of alkyl halides is 3. The highest BCUT2D eigenvalue weighted by molar-refractivity contribution is 14.1. The van der Waals surface area contributed by atoms with Crippen LogP contribution in [0.3, 0.4) is 0 Å². The second-order valence-corrected chi connectivity index (χ2v) is 10.8. The Labute approximate surface area is 106 Å². The summed E-state index contributed by atoms with van der Waals surface area (Å²) in [6.07, 6.45) is -4.63. The summed E-state index contributed by atoms with van der Waals surface area (Å²) >= 11 is 1.78. The molecule has 0 amide bonds. The molecule has 0 N–H and O–H groups in total. The number of hydrogen-bond donors (Lipinski definition) is 0. The van der Waals surface area contributed by atoms with Crippen LogP contribution in [0.5, 0.6) is 0 Å². The van der Waals surface area contributed by atoms with E-state index >= 15 is 0 Å². The number of rotatable bonds is 1. The van der Waals surface area contributed by atoms with Gasteiger partial charge in [0.2, 0.25) is 0 Å². The third-order valence-electron chi connectivity index (χ3n) is 2.15. The first kappa shape index (κ1) is 13.9. The molecule has 6 heteroatoms. The summed E-state index contributed by atoms with van der Waals surface area (Å²) in [5, 5.41) is 0.228. The van der Waals surface area contributed by atoms with Gasteiger partial charge in [0.05, 0.1) is 13.6 Å². The van der Waals surface area contributed by atoms with Gasteiger partial charge in [-0.1, -0.05) is 19.6 Å². The second-order valence-electron chi connectivity index (χ2n) is 4.56. The first-order valence-corrected chi connectivity index (χ1v) is 9.18. The fraction of sp³-hybridized carbons (Fsp3) is 0.400. The standard InChI is InChI=1S/C10H11F4ISi/c1-16(2,3)8-5-6(15)4-7(9(8)11)10(12,13)14/h4-5H,1-3H3. The lowest BCUT2D eigenvalue weighted by molar-refractivity contribution is -0.139. The van der Waals surface area contributed by atoms with E-state index in [9.17, 15) is 17.6 Å². The Morgan fingerprint density at radius 1 is 1.12 bits per heavy atom. The predicted octanol–water partition coefficient (Wildman–Crippen LogP) is 3.99. The Bertz CT molecular complexity index is 371. The Kier molecular flexibility index (Phi) is 3.74. The lowest BCUT2D eigenvalue weighted by atomic mass is 10.2. The smallest absolute Gasteiger partial charge is 0.206 e. The van der Waals surface area contributed by atoms with Crippen molar-refractivity contribution in [2.45, 2.75) is 25.8 Å². The second kappa shape index (κ2) is 4.28. The van der Waals surface area contributed by atoms with E-state index in [1.807, 2.05) is 19.6 Å². The third-order valence-corrected chi connectivity index (χ3v) is 4.75. The highest BCUT2D eigenvalue weighted by atomic mass is 127. The van der Waals surface area contributed by atoms with Gasteiger partial charge in [0.15, 0.2) is 0 Å². The summed E-state index contributed by atoms with van der Waals surface area (Å²) in [6, 6.07) is 2.36. The molecule has 0 bridgehead atoms. The Morgan fingerprint density at radius 2 is 1.62 bits per heavy atom. The molecule has 0 heterocycles. The minimum Gasteiger partial charge on any atom is -0.206 e. The van der Waals surface area contributed by atoms with Crippen molar-refractivity contribution in [3.63, 3.8) is 0 Å². The highest BCUT2D eigenvalue weighted by Gasteiger charge is 2.37. The minimum absolute atomic E-state index is 0.228. The molecule has 90 valence electrons. The molecular weight excluding hydrogens is 351 g/mol. The number of halogens is 5. The summed E-state index contributed by atoms with van der Waals surface area (Å²) in [4.78, 5) is 0. The van der Waals surface area contributed by atoms with Gasteiger partial charge in [-0.25, -0.2) is 4.39 Å². The molecule has 1 rings (SSSR count). The average molecular weight is 362 g/mol. The fourth-order valence-corrected chi connectivity index (χ4v) is 3.64. The normalized spacial score (nSPS) is 13.0. The Balaban J connectivity index is 3.51. The van der Waals surface area contributed by atoms with E-state index in [1.54, 1.807) is 22.6 Å². The quantitative estimate of drug-likeness (QED) is 0.403. The molecule has 1 aromatic rings. The Morgan fingerprint density at radius 3 is 2.00 bits per heavy atom. The van der Waals surface area contributed by atoms with Gasteiger partial charge in [-0.05, 0) is 39.9 Å². The molecule has 0 nitrogen and oxygen atoms in total.